The first-order valence-corrected chi connectivity index (χ1v) is 4.01. The molecule has 1 aromatic carbocycles. The molecule has 0 atom stereocenters. The van der Waals surface area contributed by atoms with Gasteiger partial charge in [0.1, 0.15) is 6.29 Å². The number of aliphatic imine (C=N–C) groups is 2. The fourth-order valence-corrected chi connectivity index (χ4v) is 1.24. The molecule has 1 aliphatic heterocycles. The van der Waals surface area contributed by atoms with Gasteiger partial charge in [-0.05, 0) is 23.8 Å². The molecule has 3 nitrogen and oxygen atoms in total. The smallest absolute Gasteiger partial charge is 0.150 e. The Hall–Kier alpha value is -1.77. The number of nitrogens with zero attached hydrogens (tertiary/aromatic N) is 2. The monoisotopic (exact) mass is 172 g/mol. The maximum atomic E-state index is 10.5. The minimum Gasteiger partial charge on any atom is -0.298 e. The predicted octanol–water partition coefficient (Wildman–Crippen LogP) is 1.79. The van der Waals surface area contributed by atoms with E-state index in [0.717, 1.165) is 17.5 Å². The molecule has 0 N–H and O–H groups in total. The lowest BCUT2D eigenvalue weighted by atomic mass is 10.1. The number of carbonyl (C=O) groups is 1. The summed E-state index contributed by atoms with van der Waals surface area (Å²) in [6.07, 6.45) is 4.16. The molecule has 1 heterocycles. The molecule has 1 aliphatic rings. The first kappa shape index (κ1) is 7.86. The minimum absolute atomic E-state index is 0.594. The summed E-state index contributed by atoms with van der Waals surface area (Å²) in [6.45, 7) is 0.594. The molecular weight excluding hydrogens is 164 g/mol. The van der Waals surface area contributed by atoms with Crippen molar-refractivity contribution in [3.05, 3.63) is 29.3 Å². The molecule has 0 fully saturated rings. The Kier molecular flexibility index (Phi) is 2.00. The summed E-state index contributed by atoms with van der Waals surface area (Å²) in [5.41, 5.74) is 2.56. The van der Waals surface area contributed by atoms with Gasteiger partial charge in [-0.3, -0.25) is 14.8 Å². The van der Waals surface area contributed by atoms with Crippen molar-refractivity contribution in [2.24, 2.45) is 9.98 Å². The van der Waals surface area contributed by atoms with E-state index in [0.29, 0.717) is 12.1 Å². The van der Waals surface area contributed by atoms with Crippen LogP contribution in [0.1, 0.15) is 15.9 Å². The SMILES string of the molecule is O=Cc1ccc2c(c1)CN=CC=N2. The average Bonchev–Trinajstić information content (AvgIpc) is 2.41. The van der Waals surface area contributed by atoms with Crippen LogP contribution in [0.15, 0.2) is 28.2 Å². The van der Waals surface area contributed by atoms with Crippen molar-refractivity contribution in [2.45, 2.75) is 6.54 Å². The van der Waals surface area contributed by atoms with Gasteiger partial charge in [0.25, 0.3) is 0 Å². The van der Waals surface area contributed by atoms with Gasteiger partial charge >= 0.3 is 0 Å². The maximum absolute atomic E-state index is 10.5. The predicted molar refractivity (Wildman–Crippen MR) is 52.2 cm³/mol. The molecule has 0 unspecified atom stereocenters. The van der Waals surface area contributed by atoms with Crippen LogP contribution in [0.2, 0.25) is 0 Å². The van der Waals surface area contributed by atoms with Crippen LogP contribution in [0.4, 0.5) is 5.69 Å². The van der Waals surface area contributed by atoms with Crippen LogP contribution < -0.4 is 0 Å². The number of benzene rings is 1. The van der Waals surface area contributed by atoms with Gasteiger partial charge in [-0.1, -0.05) is 0 Å². The molecular formula is C10H8N2O. The summed E-state index contributed by atoms with van der Waals surface area (Å²) >= 11 is 0. The Bertz CT molecular complexity index is 394. The van der Waals surface area contributed by atoms with E-state index in [-0.39, 0.29) is 0 Å². The number of carbonyl (C=O) groups excluding carboxylic acids is 1. The zero-order valence-electron chi connectivity index (χ0n) is 6.97. The molecule has 3 heteroatoms. The second kappa shape index (κ2) is 3.31. The van der Waals surface area contributed by atoms with Gasteiger partial charge in [-0.15, -0.1) is 0 Å². The highest BCUT2D eigenvalue weighted by atomic mass is 16.1. The zero-order chi connectivity index (χ0) is 9.10. The summed E-state index contributed by atoms with van der Waals surface area (Å²) in [6, 6.07) is 5.42. The number of rotatable bonds is 1. The fraction of sp³-hybridized carbons (Fsp3) is 0.100. The average molecular weight is 172 g/mol. The van der Waals surface area contributed by atoms with E-state index in [9.17, 15) is 4.79 Å². The van der Waals surface area contributed by atoms with Gasteiger partial charge < -0.3 is 0 Å². The highest BCUT2D eigenvalue weighted by Crippen LogP contribution is 2.21. The summed E-state index contributed by atoms with van der Waals surface area (Å²) in [5.74, 6) is 0. The quantitative estimate of drug-likeness (QED) is 0.595. The van der Waals surface area contributed by atoms with Crippen LogP contribution in [0.25, 0.3) is 0 Å². The molecule has 0 radical (unpaired) electrons. The molecule has 13 heavy (non-hydrogen) atoms. The number of aldehydes is 1. The van der Waals surface area contributed by atoms with Crippen molar-refractivity contribution < 1.29 is 4.79 Å². The lowest BCUT2D eigenvalue weighted by molar-refractivity contribution is 0.112. The molecule has 1 aromatic rings. The molecule has 0 spiro atoms. The lowest BCUT2D eigenvalue weighted by Gasteiger charge is -2.00. The van der Waals surface area contributed by atoms with Crippen LogP contribution in [0.5, 0.6) is 0 Å². The Morgan fingerprint density at radius 3 is 3.08 bits per heavy atom. The van der Waals surface area contributed by atoms with Crippen LogP contribution in [-0.4, -0.2) is 18.7 Å². The van der Waals surface area contributed by atoms with Gasteiger partial charge in [-0.25, -0.2) is 0 Å². The minimum atomic E-state index is 0.594. The van der Waals surface area contributed by atoms with Crippen molar-refractivity contribution in [2.75, 3.05) is 0 Å². The van der Waals surface area contributed by atoms with Gasteiger partial charge in [-0.2, -0.15) is 0 Å². The van der Waals surface area contributed by atoms with Crippen LogP contribution >= 0.6 is 0 Å². The van der Waals surface area contributed by atoms with E-state index in [2.05, 4.69) is 9.98 Å². The zero-order valence-corrected chi connectivity index (χ0v) is 6.97. The van der Waals surface area contributed by atoms with Gasteiger partial charge in [0.05, 0.1) is 12.2 Å². The normalized spacial score (nSPS) is 13.5. The van der Waals surface area contributed by atoms with Crippen LogP contribution in [0.3, 0.4) is 0 Å². The van der Waals surface area contributed by atoms with E-state index >= 15 is 0 Å². The second-order valence-electron chi connectivity index (χ2n) is 2.77. The largest absolute Gasteiger partial charge is 0.298 e. The van der Waals surface area contributed by atoms with Gasteiger partial charge in [0.2, 0.25) is 0 Å². The van der Waals surface area contributed by atoms with Crippen LogP contribution in [0, 0.1) is 0 Å². The first-order valence-electron chi connectivity index (χ1n) is 4.01. The van der Waals surface area contributed by atoms with Crippen molar-refractivity contribution in [3.8, 4) is 0 Å². The third-order valence-corrected chi connectivity index (χ3v) is 1.89. The fourth-order valence-electron chi connectivity index (χ4n) is 1.24. The van der Waals surface area contributed by atoms with Crippen molar-refractivity contribution in [3.63, 3.8) is 0 Å². The van der Waals surface area contributed by atoms with Gasteiger partial charge in [0.15, 0.2) is 0 Å². The summed E-state index contributed by atoms with van der Waals surface area (Å²) < 4.78 is 0. The second-order valence-corrected chi connectivity index (χ2v) is 2.77. The highest BCUT2D eigenvalue weighted by Gasteiger charge is 2.02. The lowest BCUT2D eigenvalue weighted by Crippen LogP contribution is -1.85. The van der Waals surface area contributed by atoms with Crippen molar-refractivity contribution in [1.82, 2.24) is 0 Å². The molecule has 0 aliphatic carbocycles. The van der Waals surface area contributed by atoms with E-state index in [1.165, 1.54) is 0 Å². The van der Waals surface area contributed by atoms with Crippen LogP contribution in [-0.2, 0) is 6.54 Å². The number of fused-ring (bicyclic) bond motifs is 1. The Labute approximate surface area is 75.8 Å². The molecule has 0 saturated carbocycles. The summed E-state index contributed by atoms with van der Waals surface area (Å²) in [4.78, 5) is 18.8. The third kappa shape index (κ3) is 1.54. The molecule has 0 aromatic heterocycles. The van der Waals surface area contributed by atoms with Crippen molar-refractivity contribution >= 4 is 24.4 Å². The van der Waals surface area contributed by atoms with E-state index < -0.39 is 0 Å². The summed E-state index contributed by atoms with van der Waals surface area (Å²) in [5, 5.41) is 0. The number of hydrogen-bond acceptors (Lipinski definition) is 3. The molecule has 0 amide bonds. The van der Waals surface area contributed by atoms with Crippen molar-refractivity contribution in [1.29, 1.82) is 0 Å². The van der Waals surface area contributed by atoms with E-state index in [1.807, 2.05) is 12.1 Å². The first-order chi connectivity index (χ1) is 6.40. The number of hydrogen-bond donors (Lipinski definition) is 0. The standard InChI is InChI=1S/C10H8N2O/c13-7-8-1-2-10-9(5-8)6-11-3-4-12-10/h1-5,7H,6H2. The molecule has 2 rings (SSSR count). The molecule has 64 valence electrons. The maximum Gasteiger partial charge on any atom is 0.150 e. The summed E-state index contributed by atoms with van der Waals surface area (Å²) in [7, 11) is 0. The van der Waals surface area contributed by atoms with E-state index in [4.69, 9.17) is 0 Å². The van der Waals surface area contributed by atoms with Gasteiger partial charge in [0, 0.05) is 18.0 Å². The van der Waals surface area contributed by atoms with E-state index in [1.54, 1.807) is 18.5 Å². The topological polar surface area (TPSA) is 41.8 Å². The highest BCUT2D eigenvalue weighted by molar-refractivity contribution is 6.17. The molecule has 0 saturated heterocycles. The Balaban J connectivity index is 2.51. The third-order valence-electron chi connectivity index (χ3n) is 1.89. The Morgan fingerprint density at radius 2 is 2.23 bits per heavy atom. The molecule has 0 bridgehead atoms. The Morgan fingerprint density at radius 1 is 1.31 bits per heavy atom.